The van der Waals surface area contributed by atoms with Crippen molar-refractivity contribution in [2.45, 2.75) is 25.9 Å². The first-order valence-electron chi connectivity index (χ1n) is 12.3. The van der Waals surface area contributed by atoms with Gasteiger partial charge in [0.2, 0.25) is 11.8 Å². The molecule has 1 atom stereocenters. The average molecular weight is 575 g/mol. The van der Waals surface area contributed by atoms with Crippen LogP contribution in [0.25, 0.3) is 0 Å². The molecule has 0 aliphatic carbocycles. The van der Waals surface area contributed by atoms with Crippen LogP contribution >= 0.6 is 11.6 Å². The van der Waals surface area contributed by atoms with E-state index in [1.807, 2.05) is 30.3 Å². The number of hydrogen-bond acceptors (Lipinski definition) is 4. The van der Waals surface area contributed by atoms with Crippen LogP contribution in [0.5, 0.6) is 0 Å². The van der Waals surface area contributed by atoms with Gasteiger partial charge in [-0.2, -0.15) is 12.7 Å². The van der Waals surface area contributed by atoms with Gasteiger partial charge in [0.15, 0.2) is 0 Å². The summed E-state index contributed by atoms with van der Waals surface area (Å²) in [5.41, 5.74) is 1.61. The topological polar surface area (TPSA) is 90.0 Å². The number of amides is 2. The van der Waals surface area contributed by atoms with Crippen molar-refractivity contribution < 1.29 is 22.4 Å². The third-order valence-corrected chi connectivity index (χ3v) is 8.05. The SMILES string of the molecule is CCNC(=O)[C@H](Cc1ccccc1)N(Cc1cccc(Cl)c1)C(=O)CN(c1ccc(F)cc1)S(=O)(=O)N(C)C. The molecule has 0 fully saturated rings. The Morgan fingerprint density at radius 3 is 2.18 bits per heavy atom. The molecule has 0 saturated carbocycles. The number of likely N-dealkylation sites (N-methyl/N-ethyl adjacent to an activating group) is 1. The number of rotatable bonds is 12. The third-order valence-electron chi connectivity index (χ3n) is 6.00. The van der Waals surface area contributed by atoms with Crippen LogP contribution in [-0.4, -0.2) is 62.7 Å². The first kappa shape index (κ1) is 30.1. The van der Waals surface area contributed by atoms with Gasteiger partial charge in [-0.1, -0.05) is 54.1 Å². The third kappa shape index (κ3) is 8.01. The van der Waals surface area contributed by atoms with Gasteiger partial charge >= 0.3 is 10.2 Å². The molecule has 39 heavy (non-hydrogen) atoms. The molecule has 3 aromatic rings. The van der Waals surface area contributed by atoms with Gasteiger partial charge in [0, 0.05) is 38.6 Å². The molecule has 0 unspecified atom stereocenters. The highest BCUT2D eigenvalue weighted by Gasteiger charge is 2.34. The van der Waals surface area contributed by atoms with Gasteiger partial charge in [0.25, 0.3) is 0 Å². The first-order valence-corrected chi connectivity index (χ1v) is 14.1. The summed E-state index contributed by atoms with van der Waals surface area (Å²) in [5, 5.41) is 3.26. The van der Waals surface area contributed by atoms with Crippen LogP contribution in [0.2, 0.25) is 5.02 Å². The Bertz CT molecular complexity index is 1370. The Morgan fingerprint density at radius 2 is 1.59 bits per heavy atom. The molecule has 2 amide bonds. The van der Waals surface area contributed by atoms with E-state index < -0.39 is 34.5 Å². The second-order valence-corrected chi connectivity index (χ2v) is 11.5. The summed E-state index contributed by atoms with van der Waals surface area (Å²) >= 11 is 6.19. The van der Waals surface area contributed by atoms with E-state index in [0.29, 0.717) is 17.1 Å². The summed E-state index contributed by atoms with van der Waals surface area (Å²) in [6.07, 6.45) is 0.204. The van der Waals surface area contributed by atoms with E-state index in [-0.39, 0.29) is 24.6 Å². The second kappa shape index (κ2) is 13.5. The van der Waals surface area contributed by atoms with Crippen LogP contribution in [0, 0.1) is 5.82 Å². The van der Waals surface area contributed by atoms with E-state index in [4.69, 9.17) is 11.6 Å². The summed E-state index contributed by atoms with van der Waals surface area (Å²) in [7, 11) is -1.47. The quantitative estimate of drug-likeness (QED) is 0.356. The molecule has 0 aliphatic rings. The molecule has 3 rings (SSSR count). The zero-order chi connectivity index (χ0) is 28.6. The number of carbonyl (C=O) groups is 2. The molecular formula is C28H32ClFN4O4S. The number of hydrogen-bond donors (Lipinski definition) is 1. The largest absolute Gasteiger partial charge is 0.355 e. The molecule has 0 spiro atoms. The van der Waals surface area contributed by atoms with Gasteiger partial charge in [-0.15, -0.1) is 0 Å². The van der Waals surface area contributed by atoms with Gasteiger partial charge < -0.3 is 10.2 Å². The van der Waals surface area contributed by atoms with Crippen molar-refractivity contribution in [3.63, 3.8) is 0 Å². The predicted molar refractivity (Wildman–Crippen MR) is 151 cm³/mol. The first-order chi connectivity index (χ1) is 18.5. The fourth-order valence-electron chi connectivity index (χ4n) is 4.00. The molecule has 0 saturated heterocycles. The van der Waals surface area contributed by atoms with E-state index in [0.717, 1.165) is 26.3 Å². The number of nitrogens with one attached hydrogen (secondary N) is 1. The van der Waals surface area contributed by atoms with Crippen LogP contribution in [0.3, 0.4) is 0 Å². The minimum absolute atomic E-state index is 0.00724. The van der Waals surface area contributed by atoms with Crippen molar-refractivity contribution >= 4 is 39.3 Å². The number of anilines is 1. The maximum absolute atomic E-state index is 14.0. The summed E-state index contributed by atoms with van der Waals surface area (Å²) in [6.45, 7) is 1.52. The Hall–Kier alpha value is -3.47. The molecule has 11 heteroatoms. The van der Waals surface area contributed by atoms with Crippen LogP contribution in [0.15, 0.2) is 78.9 Å². The zero-order valence-electron chi connectivity index (χ0n) is 22.1. The van der Waals surface area contributed by atoms with Gasteiger partial charge in [-0.3, -0.25) is 9.59 Å². The average Bonchev–Trinajstić information content (AvgIpc) is 2.90. The molecule has 0 aromatic heterocycles. The van der Waals surface area contributed by atoms with Crippen LogP contribution in [-0.2, 0) is 32.8 Å². The lowest BCUT2D eigenvalue weighted by molar-refractivity contribution is -0.140. The van der Waals surface area contributed by atoms with Crippen molar-refractivity contribution in [3.05, 3.63) is 101 Å². The number of halogens is 2. The van der Waals surface area contributed by atoms with Crippen LogP contribution in [0.1, 0.15) is 18.1 Å². The van der Waals surface area contributed by atoms with E-state index in [1.165, 1.54) is 31.1 Å². The Balaban J connectivity index is 2.07. The van der Waals surface area contributed by atoms with Gasteiger partial charge in [-0.25, -0.2) is 8.70 Å². The fraction of sp³-hybridized carbons (Fsp3) is 0.286. The summed E-state index contributed by atoms with van der Waals surface area (Å²) in [4.78, 5) is 28.7. The number of benzene rings is 3. The molecule has 0 heterocycles. The van der Waals surface area contributed by atoms with Gasteiger partial charge in [-0.05, 0) is 54.4 Å². The van der Waals surface area contributed by atoms with Crippen LogP contribution in [0.4, 0.5) is 10.1 Å². The highest BCUT2D eigenvalue weighted by atomic mass is 35.5. The molecule has 1 N–H and O–H groups in total. The zero-order valence-corrected chi connectivity index (χ0v) is 23.6. The van der Waals surface area contributed by atoms with E-state index in [9.17, 15) is 22.4 Å². The normalized spacial score (nSPS) is 12.2. The van der Waals surface area contributed by atoms with Crippen molar-refractivity contribution in [2.24, 2.45) is 0 Å². The lowest BCUT2D eigenvalue weighted by atomic mass is 10.0. The van der Waals surface area contributed by atoms with E-state index in [2.05, 4.69) is 5.32 Å². The molecule has 0 radical (unpaired) electrons. The van der Waals surface area contributed by atoms with Crippen molar-refractivity contribution in [1.82, 2.24) is 14.5 Å². The monoisotopic (exact) mass is 574 g/mol. The summed E-state index contributed by atoms with van der Waals surface area (Å²) in [6, 6.07) is 20.0. The molecule has 3 aromatic carbocycles. The molecular weight excluding hydrogens is 543 g/mol. The van der Waals surface area contributed by atoms with Crippen molar-refractivity contribution in [2.75, 3.05) is 31.5 Å². The lowest BCUT2D eigenvalue weighted by Gasteiger charge is -2.34. The number of nitrogens with zero attached hydrogens (tertiary/aromatic N) is 3. The fourth-order valence-corrected chi connectivity index (χ4v) is 5.27. The van der Waals surface area contributed by atoms with Crippen molar-refractivity contribution in [1.29, 1.82) is 0 Å². The molecule has 8 nitrogen and oxygen atoms in total. The Kier molecular flexibility index (Phi) is 10.4. The van der Waals surface area contributed by atoms with E-state index >= 15 is 0 Å². The Morgan fingerprint density at radius 1 is 0.949 bits per heavy atom. The maximum Gasteiger partial charge on any atom is 0.304 e. The highest BCUT2D eigenvalue weighted by Crippen LogP contribution is 2.23. The Labute approximate surface area is 234 Å². The van der Waals surface area contributed by atoms with Crippen molar-refractivity contribution in [3.8, 4) is 0 Å². The predicted octanol–water partition coefficient (Wildman–Crippen LogP) is 3.87. The highest BCUT2D eigenvalue weighted by molar-refractivity contribution is 7.90. The molecule has 0 aliphatic heterocycles. The van der Waals surface area contributed by atoms with Crippen LogP contribution < -0.4 is 9.62 Å². The molecule has 208 valence electrons. The standard InChI is InChI=1S/C28H32ClFN4O4S/c1-4-31-28(36)26(18-21-9-6-5-7-10-21)33(19-22-11-8-12-23(29)17-22)27(35)20-34(39(37,38)32(2)3)25-15-13-24(30)14-16-25/h5-17,26H,4,18-20H2,1-3H3,(H,31,36)/t26-/m0/s1. The minimum atomic E-state index is -4.15. The summed E-state index contributed by atoms with van der Waals surface area (Å²) < 4.78 is 42.0. The summed E-state index contributed by atoms with van der Waals surface area (Å²) in [5.74, 6) is -1.54. The number of carbonyl (C=O) groups excluding carboxylic acids is 2. The van der Waals surface area contributed by atoms with Gasteiger partial charge in [0.1, 0.15) is 18.4 Å². The molecule has 0 bridgehead atoms. The minimum Gasteiger partial charge on any atom is -0.355 e. The lowest BCUT2D eigenvalue weighted by Crippen LogP contribution is -2.54. The van der Waals surface area contributed by atoms with Gasteiger partial charge in [0.05, 0.1) is 5.69 Å². The second-order valence-electron chi connectivity index (χ2n) is 9.02. The maximum atomic E-state index is 14.0. The smallest absolute Gasteiger partial charge is 0.304 e. The van der Waals surface area contributed by atoms with E-state index in [1.54, 1.807) is 31.2 Å².